The number of carbonyl (C=O) groups is 2. The Morgan fingerprint density at radius 1 is 1.32 bits per heavy atom. The summed E-state index contributed by atoms with van der Waals surface area (Å²) in [5.41, 5.74) is 0. The summed E-state index contributed by atoms with van der Waals surface area (Å²) in [6.45, 7) is 5.34. The van der Waals surface area contributed by atoms with E-state index in [4.69, 9.17) is 4.74 Å². The molecule has 0 radical (unpaired) electrons. The van der Waals surface area contributed by atoms with Gasteiger partial charge < -0.3 is 15.0 Å². The minimum atomic E-state index is -0.363. The summed E-state index contributed by atoms with van der Waals surface area (Å²) in [6.07, 6.45) is 3.09. The van der Waals surface area contributed by atoms with E-state index in [9.17, 15) is 9.59 Å². The van der Waals surface area contributed by atoms with Crippen LogP contribution in [0.15, 0.2) is 0 Å². The van der Waals surface area contributed by atoms with E-state index in [1.165, 1.54) is 0 Å². The molecular weight excluding hydrogens is 244 g/mol. The molecule has 2 aliphatic heterocycles. The minimum Gasteiger partial charge on any atom is -0.381 e. The van der Waals surface area contributed by atoms with E-state index < -0.39 is 0 Å². The van der Waals surface area contributed by atoms with Crippen molar-refractivity contribution >= 4 is 11.8 Å². The lowest BCUT2D eigenvalue weighted by molar-refractivity contribution is -0.153. The number of nitrogens with one attached hydrogen (secondary N) is 1. The molecule has 0 aromatic rings. The molecule has 3 fully saturated rings. The lowest BCUT2D eigenvalue weighted by Crippen LogP contribution is -2.66. The van der Waals surface area contributed by atoms with Gasteiger partial charge in [0.2, 0.25) is 11.8 Å². The van der Waals surface area contributed by atoms with Crippen LogP contribution in [-0.4, -0.2) is 48.1 Å². The van der Waals surface area contributed by atoms with Crippen molar-refractivity contribution in [1.82, 2.24) is 10.2 Å². The second-order valence-corrected chi connectivity index (χ2v) is 6.11. The van der Waals surface area contributed by atoms with E-state index in [1.807, 2.05) is 6.92 Å². The molecule has 2 saturated heterocycles. The van der Waals surface area contributed by atoms with E-state index in [0.717, 1.165) is 25.9 Å². The minimum absolute atomic E-state index is 0.0118. The molecule has 5 nitrogen and oxygen atoms in total. The average Bonchev–Trinajstić information content (AvgIpc) is 3.07. The first-order chi connectivity index (χ1) is 9.09. The smallest absolute Gasteiger partial charge is 0.246 e. The predicted molar refractivity (Wildman–Crippen MR) is 69.4 cm³/mol. The molecule has 2 amide bonds. The zero-order valence-corrected chi connectivity index (χ0v) is 11.6. The number of hydrogen-bond acceptors (Lipinski definition) is 3. The van der Waals surface area contributed by atoms with Crippen molar-refractivity contribution in [2.45, 2.75) is 51.2 Å². The van der Waals surface area contributed by atoms with Crippen LogP contribution in [0, 0.1) is 11.8 Å². The van der Waals surface area contributed by atoms with E-state index in [0.29, 0.717) is 18.4 Å². The van der Waals surface area contributed by atoms with Gasteiger partial charge in [-0.05, 0) is 39.0 Å². The maximum absolute atomic E-state index is 12.6. The second-order valence-electron chi connectivity index (χ2n) is 6.11. The monoisotopic (exact) mass is 266 g/mol. The highest BCUT2D eigenvalue weighted by molar-refractivity contribution is 5.97. The highest BCUT2D eigenvalue weighted by Crippen LogP contribution is 2.36. The standard InChI is InChI=1S/C14H22N2O3/c1-8(11-5-6-19-7-11)16-9(2)13(17)15-12(14(16)18)10-3-4-10/h8-12H,3-7H2,1-2H3,(H,15,17). The van der Waals surface area contributed by atoms with Crippen LogP contribution < -0.4 is 5.32 Å². The molecule has 1 N–H and O–H groups in total. The Balaban J connectivity index is 1.79. The van der Waals surface area contributed by atoms with Gasteiger partial charge in [0, 0.05) is 18.6 Å². The molecule has 19 heavy (non-hydrogen) atoms. The predicted octanol–water partition coefficient (Wildman–Crippen LogP) is 0.537. The Morgan fingerprint density at radius 3 is 2.63 bits per heavy atom. The first-order valence-corrected chi connectivity index (χ1v) is 7.30. The zero-order chi connectivity index (χ0) is 13.6. The summed E-state index contributed by atoms with van der Waals surface area (Å²) in [5.74, 6) is 0.812. The van der Waals surface area contributed by atoms with Gasteiger partial charge >= 0.3 is 0 Å². The molecule has 0 spiro atoms. The van der Waals surface area contributed by atoms with Gasteiger partial charge in [-0.2, -0.15) is 0 Å². The van der Waals surface area contributed by atoms with E-state index in [1.54, 1.807) is 4.90 Å². The summed E-state index contributed by atoms with van der Waals surface area (Å²) in [6, 6.07) is -0.566. The zero-order valence-electron chi connectivity index (χ0n) is 11.6. The number of carbonyl (C=O) groups excluding carboxylic acids is 2. The Labute approximate surface area is 113 Å². The molecule has 0 aromatic carbocycles. The SMILES string of the molecule is CC1C(=O)NC(C2CC2)C(=O)N1C(C)C1CCOC1. The summed E-state index contributed by atoms with van der Waals surface area (Å²) in [4.78, 5) is 26.5. The van der Waals surface area contributed by atoms with Gasteiger partial charge in [0.1, 0.15) is 12.1 Å². The van der Waals surface area contributed by atoms with Crippen molar-refractivity contribution in [3.63, 3.8) is 0 Å². The summed E-state index contributed by atoms with van der Waals surface area (Å²) in [7, 11) is 0. The van der Waals surface area contributed by atoms with Crippen molar-refractivity contribution in [1.29, 1.82) is 0 Å². The quantitative estimate of drug-likeness (QED) is 0.811. The van der Waals surface area contributed by atoms with E-state index in [2.05, 4.69) is 12.2 Å². The van der Waals surface area contributed by atoms with Crippen LogP contribution in [0.3, 0.4) is 0 Å². The molecule has 106 valence electrons. The van der Waals surface area contributed by atoms with Crippen LogP contribution in [0.4, 0.5) is 0 Å². The topological polar surface area (TPSA) is 58.6 Å². The highest BCUT2D eigenvalue weighted by atomic mass is 16.5. The van der Waals surface area contributed by atoms with Gasteiger partial charge in [-0.15, -0.1) is 0 Å². The Kier molecular flexibility index (Phi) is 3.25. The second kappa shape index (κ2) is 4.78. The fourth-order valence-electron chi connectivity index (χ4n) is 3.28. The molecule has 3 rings (SSSR count). The fraction of sp³-hybridized carbons (Fsp3) is 0.857. The third-order valence-corrected chi connectivity index (χ3v) is 4.79. The van der Waals surface area contributed by atoms with Crippen molar-refractivity contribution in [3.8, 4) is 0 Å². The van der Waals surface area contributed by atoms with Crippen LogP contribution in [0.5, 0.6) is 0 Å². The third kappa shape index (κ3) is 2.24. The lowest BCUT2D eigenvalue weighted by Gasteiger charge is -2.42. The first kappa shape index (κ1) is 12.9. The molecule has 1 saturated carbocycles. The van der Waals surface area contributed by atoms with Gasteiger partial charge in [-0.3, -0.25) is 9.59 Å². The molecule has 4 unspecified atom stereocenters. The molecule has 1 aliphatic carbocycles. The largest absolute Gasteiger partial charge is 0.381 e. The van der Waals surface area contributed by atoms with Gasteiger partial charge in [-0.25, -0.2) is 0 Å². The first-order valence-electron chi connectivity index (χ1n) is 7.30. The number of ether oxygens (including phenoxy) is 1. The number of nitrogens with zero attached hydrogens (tertiary/aromatic N) is 1. The lowest BCUT2D eigenvalue weighted by atomic mass is 9.94. The van der Waals surface area contributed by atoms with Crippen LogP contribution in [0.1, 0.15) is 33.1 Å². The van der Waals surface area contributed by atoms with E-state index in [-0.39, 0.29) is 29.9 Å². The molecule has 4 atom stereocenters. The number of hydrogen-bond donors (Lipinski definition) is 1. The fourth-order valence-corrected chi connectivity index (χ4v) is 3.28. The van der Waals surface area contributed by atoms with Gasteiger partial charge in [0.05, 0.1) is 6.61 Å². The molecule has 0 aromatic heterocycles. The number of amides is 2. The van der Waals surface area contributed by atoms with Crippen LogP contribution in [-0.2, 0) is 14.3 Å². The maximum Gasteiger partial charge on any atom is 0.246 e. The Bertz CT molecular complexity index is 388. The highest BCUT2D eigenvalue weighted by Gasteiger charge is 2.47. The normalized spacial score (nSPS) is 37.4. The van der Waals surface area contributed by atoms with Gasteiger partial charge in [0.15, 0.2) is 0 Å². The van der Waals surface area contributed by atoms with Crippen molar-refractivity contribution in [2.24, 2.45) is 11.8 Å². The number of piperazine rings is 1. The average molecular weight is 266 g/mol. The summed E-state index contributed by atoms with van der Waals surface area (Å²) < 4.78 is 5.41. The van der Waals surface area contributed by atoms with Gasteiger partial charge in [-0.1, -0.05) is 0 Å². The van der Waals surface area contributed by atoms with Crippen molar-refractivity contribution in [2.75, 3.05) is 13.2 Å². The van der Waals surface area contributed by atoms with E-state index >= 15 is 0 Å². The molecule has 0 bridgehead atoms. The summed E-state index contributed by atoms with van der Waals surface area (Å²) in [5, 5.41) is 2.89. The number of rotatable bonds is 3. The van der Waals surface area contributed by atoms with Crippen molar-refractivity contribution < 1.29 is 14.3 Å². The molecule has 5 heteroatoms. The molecule has 2 heterocycles. The van der Waals surface area contributed by atoms with Crippen molar-refractivity contribution in [3.05, 3.63) is 0 Å². The maximum atomic E-state index is 12.6. The van der Waals surface area contributed by atoms with Gasteiger partial charge in [0.25, 0.3) is 0 Å². The van der Waals surface area contributed by atoms with Crippen LogP contribution in [0.25, 0.3) is 0 Å². The van der Waals surface area contributed by atoms with Crippen LogP contribution in [0.2, 0.25) is 0 Å². The Hall–Kier alpha value is -1.10. The third-order valence-electron chi connectivity index (χ3n) is 4.79. The molecular formula is C14H22N2O3. The summed E-state index contributed by atoms with van der Waals surface area (Å²) >= 11 is 0. The Morgan fingerprint density at radius 2 is 2.05 bits per heavy atom. The van der Waals surface area contributed by atoms with Crippen LogP contribution >= 0.6 is 0 Å². The molecule has 3 aliphatic rings.